The summed E-state index contributed by atoms with van der Waals surface area (Å²) in [5.74, 6) is 1.50. The number of nitrogens with zero attached hydrogens (tertiary/aromatic N) is 1. The minimum Gasteiger partial charge on any atom is -0.492 e. The average molecular weight is 350 g/mol. The van der Waals surface area contributed by atoms with Crippen molar-refractivity contribution in [1.29, 1.82) is 0 Å². The highest BCUT2D eigenvalue weighted by Gasteiger charge is 2.15. The van der Waals surface area contributed by atoms with Crippen LogP contribution in [0.25, 0.3) is 0 Å². The van der Waals surface area contributed by atoms with Crippen LogP contribution < -0.4 is 20.7 Å². The van der Waals surface area contributed by atoms with Crippen LogP contribution in [0.3, 0.4) is 0 Å². The summed E-state index contributed by atoms with van der Waals surface area (Å²) in [4.78, 5) is 15.6. The van der Waals surface area contributed by atoms with Crippen LogP contribution in [-0.4, -0.2) is 50.9 Å². The average Bonchev–Trinajstić information content (AvgIpc) is 2.53. The zero-order chi connectivity index (χ0) is 18.7. The molecule has 1 aromatic carbocycles. The summed E-state index contributed by atoms with van der Waals surface area (Å²) in [6.45, 7) is 9.65. The Kier molecular flexibility index (Phi) is 8.60. The van der Waals surface area contributed by atoms with Crippen LogP contribution in [0.4, 0.5) is 4.79 Å². The summed E-state index contributed by atoms with van der Waals surface area (Å²) in [5.41, 5.74) is 0.710. The molecule has 0 aliphatic rings. The maximum absolute atomic E-state index is 11.5. The summed E-state index contributed by atoms with van der Waals surface area (Å²) >= 11 is 0. The van der Waals surface area contributed by atoms with Gasteiger partial charge in [-0.15, -0.1) is 0 Å². The Hall–Kier alpha value is -2.44. The standard InChI is InChI=1S/C18H30N4O3/c1-14-6-8-15(9-7-14)24-13-12-21-16(19-5)20-10-11-22-17(23)25-18(2,3)4/h6-9H,10-13H2,1-5H3,(H,22,23)(H2,19,20,21). The number of guanidine groups is 1. The molecule has 0 heterocycles. The molecule has 1 rings (SSSR count). The zero-order valence-corrected chi connectivity index (χ0v) is 15.8. The molecule has 3 N–H and O–H groups in total. The van der Waals surface area contributed by atoms with Crippen molar-refractivity contribution in [2.75, 3.05) is 33.3 Å². The van der Waals surface area contributed by atoms with Crippen LogP contribution in [0.2, 0.25) is 0 Å². The lowest BCUT2D eigenvalue weighted by atomic mass is 10.2. The summed E-state index contributed by atoms with van der Waals surface area (Å²) < 4.78 is 10.8. The molecule has 0 saturated heterocycles. The number of hydrogen-bond acceptors (Lipinski definition) is 4. The zero-order valence-electron chi connectivity index (χ0n) is 15.8. The summed E-state index contributed by atoms with van der Waals surface area (Å²) in [6, 6.07) is 7.93. The minimum atomic E-state index is -0.493. The third kappa shape index (κ3) is 10.1. The van der Waals surface area contributed by atoms with E-state index in [2.05, 4.69) is 20.9 Å². The lowest BCUT2D eigenvalue weighted by Gasteiger charge is -2.19. The van der Waals surface area contributed by atoms with Gasteiger partial charge in [0.1, 0.15) is 18.0 Å². The number of benzene rings is 1. The van der Waals surface area contributed by atoms with E-state index in [1.54, 1.807) is 7.05 Å². The molecule has 0 radical (unpaired) electrons. The van der Waals surface area contributed by atoms with Crippen molar-refractivity contribution in [3.05, 3.63) is 29.8 Å². The predicted molar refractivity (Wildman–Crippen MR) is 100 cm³/mol. The van der Waals surface area contributed by atoms with Gasteiger partial charge in [0.15, 0.2) is 5.96 Å². The highest BCUT2D eigenvalue weighted by atomic mass is 16.6. The molecule has 1 aromatic rings. The van der Waals surface area contributed by atoms with Gasteiger partial charge in [0.2, 0.25) is 0 Å². The van der Waals surface area contributed by atoms with Gasteiger partial charge in [0, 0.05) is 20.1 Å². The predicted octanol–water partition coefficient (Wildman–Crippen LogP) is 2.06. The first kappa shape index (κ1) is 20.6. The minimum absolute atomic E-state index is 0.427. The van der Waals surface area contributed by atoms with E-state index in [0.29, 0.717) is 32.2 Å². The van der Waals surface area contributed by atoms with Crippen LogP contribution in [0.15, 0.2) is 29.3 Å². The first-order valence-corrected chi connectivity index (χ1v) is 8.41. The number of nitrogens with one attached hydrogen (secondary N) is 3. The molecule has 0 aliphatic carbocycles. The van der Waals surface area contributed by atoms with Gasteiger partial charge < -0.3 is 25.4 Å². The molecule has 7 nitrogen and oxygen atoms in total. The second kappa shape index (κ2) is 10.4. The number of aryl methyl sites for hydroxylation is 1. The van der Waals surface area contributed by atoms with E-state index < -0.39 is 11.7 Å². The molecule has 140 valence electrons. The number of hydrogen-bond donors (Lipinski definition) is 3. The van der Waals surface area contributed by atoms with Crippen molar-refractivity contribution in [2.24, 2.45) is 4.99 Å². The van der Waals surface area contributed by atoms with E-state index in [1.807, 2.05) is 52.0 Å². The fraction of sp³-hybridized carbons (Fsp3) is 0.556. The molecule has 0 aromatic heterocycles. The van der Waals surface area contributed by atoms with Gasteiger partial charge in [-0.1, -0.05) is 17.7 Å². The Bertz CT molecular complexity index is 550. The van der Waals surface area contributed by atoms with Crippen molar-refractivity contribution in [3.8, 4) is 5.75 Å². The lowest BCUT2D eigenvalue weighted by molar-refractivity contribution is 0.0529. The largest absolute Gasteiger partial charge is 0.492 e. The van der Waals surface area contributed by atoms with Crippen LogP contribution in [0, 0.1) is 6.92 Å². The molecule has 0 bridgehead atoms. The number of amides is 1. The normalized spacial score (nSPS) is 11.6. The molecular weight excluding hydrogens is 320 g/mol. The molecule has 0 atom stereocenters. The number of ether oxygens (including phenoxy) is 2. The molecule has 0 fully saturated rings. The number of carbonyl (C=O) groups is 1. The summed E-state index contributed by atoms with van der Waals surface area (Å²) in [5, 5.41) is 8.93. The van der Waals surface area contributed by atoms with Gasteiger partial charge in [-0.25, -0.2) is 4.79 Å². The SMILES string of the molecule is CN=C(NCCNC(=O)OC(C)(C)C)NCCOc1ccc(C)cc1. The van der Waals surface area contributed by atoms with Crippen molar-refractivity contribution < 1.29 is 14.3 Å². The van der Waals surface area contributed by atoms with E-state index in [-0.39, 0.29) is 0 Å². The van der Waals surface area contributed by atoms with E-state index >= 15 is 0 Å². The monoisotopic (exact) mass is 350 g/mol. The van der Waals surface area contributed by atoms with Crippen LogP contribution in [0.1, 0.15) is 26.3 Å². The molecule has 0 unspecified atom stereocenters. The maximum atomic E-state index is 11.5. The number of rotatable bonds is 7. The fourth-order valence-corrected chi connectivity index (χ4v) is 1.85. The second-order valence-electron chi connectivity index (χ2n) is 6.52. The molecule has 7 heteroatoms. The maximum Gasteiger partial charge on any atom is 0.407 e. The third-order valence-electron chi connectivity index (χ3n) is 2.99. The van der Waals surface area contributed by atoms with Crippen molar-refractivity contribution in [1.82, 2.24) is 16.0 Å². The van der Waals surface area contributed by atoms with Gasteiger partial charge in [0.05, 0.1) is 6.54 Å². The molecule has 0 saturated carbocycles. The van der Waals surface area contributed by atoms with Crippen LogP contribution >= 0.6 is 0 Å². The van der Waals surface area contributed by atoms with E-state index in [1.165, 1.54) is 5.56 Å². The number of carbonyl (C=O) groups excluding carboxylic acids is 1. The van der Waals surface area contributed by atoms with Gasteiger partial charge in [-0.05, 0) is 39.8 Å². The molecule has 0 aliphatic heterocycles. The third-order valence-corrected chi connectivity index (χ3v) is 2.99. The summed E-state index contributed by atoms with van der Waals surface area (Å²) in [7, 11) is 1.69. The number of aliphatic imine (C=N–C) groups is 1. The first-order chi connectivity index (χ1) is 11.8. The Balaban J connectivity index is 2.14. The highest BCUT2D eigenvalue weighted by Crippen LogP contribution is 2.10. The quantitative estimate of drug-likeness (QED) is 0.398. The highest BCUT2D eigenvalue weighted by molar-refractivity contribution is 5.79. The van der Waals surface area contributed by atoms with Crippen LogP contribution in [-0.2, 0) is 4.74 Å². The van der Waals surface area contributed by atoms with Gasteiger partial charge in [-0.3, -0.25) is 4.99 Å². The van der Waals surface area contributed by atoms with Gasteiger partial charge >= 0.3 is 6.09 Å². The smallest absolute Gasteiger partial charge is 0.407 e. The molecular formula is C18H30N4O3. The van der Waals surface area contributed by atoms with E-state index in [0.717, 1.165) is 5.75 Å². The van der Waals surface area contributed by atoms with Crippen molar-refractivity contribution in [2.45, 2.75) is 33.3 Å². The fourth-order valence-electron chi connectivity index (χ4n) is 1.85. The summed E-state index contributed by atoms with van der Waals surface area (Å²) in [6.07, 6.45) is -0.427. The second-order valence-corrected chi connectivity index (χ2v) is 6.52. The Morgan fingerprint density at radius 2 is 1.64 bits per heavy atom. The van der Waals surface area contributed by atoms with Crippen molar-refractivity contribution in [3.63, 3.8) is 0 Å². The molecule has 1 amide bonds. The number of alkyl carbamates (subject to hydrolysis) is 1. The Labute approximate surface area is 150 Å². The van der Waals surface area contributed by atoms with E-state index in [4.69, 9.17) is 9.47 Å². The van der Waals surface area contributed by atoms with Gasteiger partial charge in [0.25, 0.3) is 0 Å². The first-order valence-electron chi connectivity index (χ1n) is 8.41. The van der Waals surface area contributed by atoms with Crippen molar-refractivity contribution >= 4 is 12.1 Å². The lowest BCUT2D eigenvalue weighted by Crippen LogP contribution is -2.43. The Morgan fingerprint density at radius 3 is 2.24 bits per heavy atom. The molecule has 25 heavy (non-hydrogen) atoms. The van der Waals surface area contributed by atoms with E-state index in [9.17, 15) is 4.79 Å². The topological polar surface area (TPSA) is 84.0 Å². The Morgan fingerprint density at radius 1 is 1.04 bits per heavy atom. The molecule has 0 spiro atoms. The van der Waals surface area contributed by atoms with Crippen LogP contribution in [0.5, 0.6) is 5.75 Å². The van der Waals surface area contributed by atoms with Gasteiger partial charge in [-0.2, -0.15) is 0 Å².